The van der Waals surface area contributed by atoms with Crippen LogP contribution in [0, 0.1) is 13.8 Å². The number of carbonyl (C=O) groups excluding carboxylic acids is 2. The van der Waals surface area contributed by atoms with Gasteiger partial charge in [-0.2, -0.15) is 0 Å². The van der Waals surface area contributed by atoms with Crippen LogP contribution in [0.1, 0.15) is 24.0 Å². The number of ether oxygens (including phenoxy) is 1. The van der Waals surface area contributed by atoms with Crippen molar-refractivity contribution in [2.24, 2.45) is 0 Å². The summed E-state index contributed by atoms with van der Waals surface area (Å²) in [5, 5.41) is 3.00. The van der Waals surface area contributed by atoms with Gasteiger partial charge in [-0.1, -0.05) is 12.1 Å². The van der Waals surface area contributed by atoms with Crippen molar-refractivity contribution < 1.29 is 14.3 Å². The number of amides is 2. The van der Waals surface area contributed by atoms with Gasteiger partial charge in [-0.3, -0.25) is 14.5 Å². The third-order valence-electron chi connectivity index (χ3n) is 5.14. The maximum atomic E-state index is 12.3. The molecule has 0 aliphatic carbocycles. The Balaban J connectivity index is 1.46. The lowest BCUT2D eigenvalue weighted by molar-refractivity contribution is -0.142. The molecule has 2 aliphatic rings. The Morgan fingerprint density at radius 1 is 1.20 bits per heavy atom. The smallest absolute Gasteiger partial charge is 0.251 e. The molecule has 1 aromatic rings. The first kappa shape index (κ1) is 17.9. The van der Waals surface area contributed by atoms with E-state index in [1.54, 1.807) is 0 Å². The van der Waals surface area contributed by atoms with E-state index in [0.29, 0.717) is 26.2 Å². The first-order chi connectivity index (χ1) is 12.0. The van der Waals surface area contributed by atoms with Gasteiger partial charge in [0.05, 0.1) is 6.54 Å². The molecule has 0 spiro atoms. The molecule has 0 saturated carbocycles. The molecule has 6 nitrogen and oxygen atoms in total. The molecule has 25 heavy (non-hydrogen) atoms. The van der Waals surface area contributed by atoms with Gasteiger partial charge >= 0.3 is 0 Å². The lowest BCUT2D eigenvalue weighted by Gasteiger charge is -2.35. The second-order valence-corrected chi connectivity index (χ2v) is 6.90. The molecule has 2 aliphatic heterocycles. The summed E-state index contributed by atoms with van der Waals surface area (Å²) in [6, 6.07) is 5.92. The van der Waals surface area contributed by atoms with E-state index < -0.39 is 0 Å². The monoisotopic (exact) mass is 345 g/mol. The van der Waals surface area contributed by atoms with Crippen LogP contribution < -0.4 is 5.32 Å². The summed E-state index contributed by atoms with van der Waals surface area (Å²) < 4.78 is 5.48. The van der Waals surface area contributed by atoms with Crippen molar-refractivity contribution in [3.8, 4) is 0 Å². The molecule has 2 fully saturated rings. The third kappa shape index (κ3) is 4.38. The molecule has 0 bridgehead atoms. The molecule has 0 unspecified atom stereocenters. The summed E-state index contributed by atoms with van der Waals surface area (Å²) in [5.41, 5.74) is 3.14. The van der Waals surface area contributed by atoms with Gasteiger partial charge in [0.25, 0.3) is 5.91 Å². The van der Waals surface area contributed by atoms with E-state index in [-0.39, 0.29) is 17.9 Å². The molecule has 1 aromatic carbocycles. The Labute approximate surface area is 149 Å². The molecule has 6 heteroatoms. The number of aryl methyl sites for hydroxylation is 1. The van der Waals surface area contributed by atoms with Gasteiger partial charge < -0.3 is 15.0 Å². The fraction of sp³-hybridized carbons (Fsp3) is 0.579. The van der Waals surface area contributed by atoms with Crippen molar-refractivity contribution >= 4 is 17.5 Å². The second-order valence-electron chi connectivity index (χ2n) is 6.90. The SMILES string of the molecule is Cc1cccc(NC(=O)CN2CCN(C(=O)[C@@H]3CCCO3)CC2)c1C. The quantitative estimate of drug-likeness (QED) is 0.900. The lowest BCUT2D eigenvalue weighted by Crippen LogP contribution is -2.52. The Kier molecular flexibility index (Phi) is 5.71. The minimum atomic E-state index is -0.251. The Morgan fingerprint density at radius 3 is 2.64 bits per heavy atom. The topological polar surface area (TPSA) is 61.9 Å². The summed E-state index contributed by atoms with van der Waals surface area (Å²) >= 11 is 0. The number of nitrogens with zero attached hydrogens (tertiary/aromatic N) is 2. The molecule has 1 N–H and O–H groups in total. The number of hydrogen-bond acceptors (Lipinski definition) is 4. The summed E-state index contributed by atoms with van der Waals surface area (Å²) in [5.74, 6) is 0.101. The van der Waals surface area contributed by atoms with E-state index in [4.69, 9.17) is 4.74 Å². The van der Waals surface area contributed by atoms with Crippen LogP contribution in [0.4, 0.5) is 5.69 Å². The number of rotatable bonds is 4. The summed E-state index contributed by atoms with van der Waals surface area (Å²) in [6.07, 6.45) is 1.55. The van der Waals surface area contributed by atoms with Crippen LogP contribution in [0.3, 0.4) is 0 Å². The van der Waals surface area contributed by atoms with Crippen molar-refractivity contribution in [3.05, 3.63) is 29.3 Å². The zero-order chi connectivity index (χ0) is 17.8. The van der Waals surface area contributed by atoms with E-state index >= 15 is 0 Å². The van der Waals surface area contributed by atoms with Gasteiger partial charge in [0.1, 0.15) is 6.10 Å². The molecule has 0 radical (unpaired) electrons. The van der Waals surface area contributed by atoms with Crippen molar-refractivity contribution in [1.82, 2.24) is 9.80 Å². The van der Waals surface area contributed by atoms with Crippen LogP contribution in [0.2, 0.25) is 0 Å². The van der Waals surface area contributed by atoms with E-state index in [1.807, 2.05) is 36.9 Å². The number of hydrogen-bond donors (Lipinski definition) is 1. The van der Waals surface area contributed by atoms with Crippen molar-refractivity contribution in [1.29, 1.82) is 0 Å². The van der Waals surface area contributed by atoms with Crippen molar-refractivity contribution in [2.75, 3.05) is 44.6 Å². The lowest BCUT2D eigenvalue weighted by atomic mass is 10.1. The van der Waals surface area contributed by atoms with Crippen LogP contribution >= 0.6 is 0 Å². The fourth-order valence-electron chi connectivity index (χ4n) is 3.38. The normalized spacial score (nSPS) is 21.4. The standard InChI is InChI=1S/C19H27N3O3/c1-14-5-3-6-16(15(14)2)20-18(23)13-21-8-10-22(11-9-21)19(24)17-7-4-12-25-17/h3,5-6,17H,4,7-13H2,1-2H3,(H,20,23)/t17-/m0/s1. The van der Waals surface area contributed by atoms with Gasteiger partial charge in [-0.15, -0.1) is 0 Å². The number of carbonyl (C=O) groups is 2. The zero-order valence-corrected chi connectivity index (χ0v) is 15.1. The Bertz CT molecular complexity index is 633. The fourth-order valence-corrected chi connectivity index (χ4v) is 3.38. The molecule has 136 valence electrons. The molecule has 0 aromatic heterocycles. The minimum Gasteiger partial charge on any atom is -0.368 e. The number of piperazine rings is 1. The van der Waals surface area contributed by atoms with Crippen molar-refractivity contribution in [2.45, 2.75) is 32.8 Å². The third-order valence-corrected chi connectivity index (χ3v) is 5.14. The highest BCUT2D eigenvalue weighted by Gasteiger charge is 2.30. The molecular formula is C19H27N3O3. The first-order valence-corrected chi connectivity index (χ1v) is 9.03. The summed E-state index contributed by atoms with van der Waals surface area (Å²) in [7, 11) is 0. The van der Waals surface area contributed by atoms with Crippen LogP contribution in [-0.4, -0.2) is 67.0 Å². The van der Waals surface area contributed by atoms with Crippen molar-refractivity contribution in [3.63, 3.8) is 0 Å². The summed E-state index contributed by atoms with van der Waals surface area (Å²) in [4.78, 5) is 28.6. The number of nitrogens with one attached hydrogen (secondary N) is 1. The average Bonchev–Trinajstić information content (AvgIpc) is 3.13. The predicted molar refractivity (Wildman–Crippen MR) is 96.5 cm³/mol. The van der Waals surface area contributed by atoms with Crippen LogP contribution in [0.5, 0.6) is 0 Å². The molecule has 3 rings (SSSR count). The second kappa shape index (κ2) is 7.97. The highest BCUT2D eigenvalue weighted by molar-refractivity contribution is 5.93. The highest BCUT2D eigenvalue weighted by atomic mass is 16.5. The van der Waals surface area contributed by atoms with Gasteiger partial charge in [0, 0.05) is 38.5 Å². The Hall–Kier alpha value is -1.92. The van der Waals surface area contributed by atoms with Crippen LogP contribution in [-0.2, 0) is 14.3 Å². The van der Waals surface area contributed by atoms with E-state index in [1.165, 1.54) is 5.56 Å². The van der Waals surface area contributed by atoms with Crippen LogP contribution in [0.25, 0.3) is 0 Å². The molecule has 2 heterocycles. The summed E-state index contributed by atoms with van der Waals surface area (Å²) in [6.45, 7) is 7.86. The van der Waals surface area contributed by atoms with Gasteiger partial charge in [-0.05, 0) is 43.9 Å². The number of anilines is 1. The predicted octanol–water partition coefficient (Wildman–Crippen LogP) is 1.57. The molecule has 2 saturated heterocycles. The van der Waals surface area contributed by atoms with E-state index in [9.17, 15) is 9.59 Å². The van der Waals surface area contributed by atoms with Gasteiger partial charge in [0.2, 0.25) is 5.91 Å². The maximum absolute atomic E-state index is 12.3. The first-order valence-electron chi connectivity index (χ1n) is 9.03. The number of benzene rings is 1. The molecule has 1 atom stereocenters. The van der Waals surface area contributed by atoms with Crippen LogP contribution in [0.15, 0.2) is 18.2 Å². The highest BCUT2D eigenvalue weighted by Crippen LogP contribution is 2.18. The molecule has 2 amide bonds. The van der Waals surface area contributed by atoms with E-state index in [0.717, 1.165) is 37.2 Å². The minimum absolute atomic E-state index is 0.00685. The zero-order valence-electron chi connectivity index (χ0n) is 15.1. The van der Waals surface area contributed by atoms with Gasteiger partial charge in [0.15, 0.2) is 0 Å². The molecular weight excluding hydrogens is 318 g/mol. The van der Waals surface area contributed by atoms with Gasteiger partial charge in [-0.25, -0.2) is 0 Å². The Morgan fingerprint density at radius 2 is 1.96 bits per heavy atom. The van der Waals surface area contributed by atoms with E-state index in [2.05, 4.69) is 10.2 Å². The largest absolute Gasteiger partial charge is 0.368 e. The average molecular weight is 345 g/mol. The maximum Gasteiger partial charge on any atom is 0.251 e.